The van der Waals surface area contributed by atoms with Gasteiger partial charge in [-0.05, 0) is 49.3 Å². The number of nitrogens with one attached hydrogen (secondary N) is 2. The maximum absolute atomic E-state index is 12.9. The van der Waals surface area contributed by atoms with E-state index in [4.69, 9.17) is 26.4 Å². The van der Waals surface area contributed by atoms with Crippen LogP contribution in [0, 0.1) is 0 Å². The number of hydrogen-bond acceptors (Lipinski definition) is 5. The Kier molecular flexibility index (Phi) is 5.96. The van der Waals surface area contributed by atoms with Gasteiger partial charge in [-0.3, -0.25) is 4.79 Å². The van der Waals surface area contributed by atoms with Crippen molar-refractivity contribution in [1.29, 1.82) is 0 Å². The minimum Gasteiger partial charge on any atom is -0.486 e. The molecule has 0 amide bonds. The number of ether oxygens (including phenoxy) is 3. The van der Waals surface area contributed by atoms with Crippen molar-refractivity contribution < 1.29 is 14.2 Å². The van der Waals surface area contributed by atoms with Crippen molar-refractivity contribution in [3.8, 4) is 11.5 Å². The van der Waals surface area contributed by atoms with E-state index >= 15 is 0 Å². The van der Waals surface area contributed by atoms with Crippen LogP contribution >= 0.6 is 12.2 Å². The van der Waals surface area contributed by atoms with E-state index in [9.17, 15) is 4.79 Å². The number of hydrogen-bond donors (Lipinski definition) is 2. The van der Waals surface area contributed by atoms with E-state index in [1.807, 2.05) is 53.4 Å². The summed E-state index contributed by atoms with van der Waals surface area (Å²) in [4.78, 5) is 17.9. The van der Waals surface area contributed by atoms with Crippen molar-refractivity contribution in [1.82, 2.24) is 9.88 Å². The van der Waals surface area contributed by atoms with Crippen molar-refractivity contribution in [2.75, 3.05) is 31.7 Å². The molecule has 0 radical (unpaired) electrons. The zero-order chi connectivity index (χ0) is 21.9. The Balaban J connectivity index is 1.43. The molecule has 8 heteroatoms. The number of nitrogens with zero attached hydrogens (tertiary/aromatic N) is 1. The molecule has 0 aliphatic carbocycles. The van der Waals surface area contributed by atoms with Crippen LogP contribution in [-0.2, 0) is 11.3 Å². The first-order valence-electron chi connectivity index (χ1n) is 10.8. The molecule has 2 aliphatic rings. The maximum Gasteiger partial charge on any atom is 0.253 e. The summed E-state index contributed by atoms with van der Waals surface area (Å²) in [6.07, 6.45) is 2.13. The number of H-pyrrole nitrogens is 1. The topological polar surface area (TPSA) is 75.8 Å². The number of para-hydroxylation sites is 1. The summed E-state index contributed by atoms with van der Waals surface area (Å²) < 4.78 is 17.2. The Bertz CT molecular complexity index is 1180. The molecule has 0 spiro atoms. The lowest BCUT2D eigenvalue weighted by Gasteiger charge is -2.28. The van der Waals surface area contributed by atoms with E-state index in [0.29, 0.717) is 48.5 Å². The molecule has 2 aromatic carbocycles. The van der Waals surface area contributed by atoms with Gasteiger partial charge < -0.3 is 29.4 Å². The molecule has 2 N–H and O–H groups in total. The van der Waals surface area contributed by atoms with Crippen LogP contribution in [0.5, 0.6) is 11.5 Å². The molecule has 2 aliphatic heterocycles. The number of rotatable bonds is 5. The minimum atomic E-state index is -0.144. The smallest absolute Gasteiger partial charge is 0.253 e. The fourth-order valence-electron chi connectivity index (χ4n) is 4.09. The fraction of sp³-hybridized carbons (Fsp3) is 0.333. The summed E-state index contributed by atoms with van der Waals surface area (Å²) in [7, 11) is 0. The summed E-state index contributed by atoms with van der Waals surface area (Å²) in [5.74, 6) is 1.35. The van der Waals surface area contributed by atoms with Gasteiger partial charge in [-0.1, -0.05) is 18.2 Å². The molecule has 1 saturated heterocycles. The Hall–Kier alpha value is -3.10. The standard InChI is InChI=1S/C24H25N3O4S/c28-23-17(11-16-12-21-22(13-20(16)26-23)31-10-9-30-21)14-27(15-19-7-4-8-29-19)24(32)25-18-5-2-1-3-6-18/h1-3,5-6,11-13,19H,4,7-10,14-15H2,(H,25,32)(H,26,28). The van der Waals surface area contributed by atoms with Gasteiger partial charge in [0, 0.05) is 35.9 Å². The van der Waals surface area contributed by atoms with E-state index in [1.54, 1.807) is 0 Å². The zero-order valence-corrected chi connectivity index (χ0v) is 18.5. The van der Waals surface area contributed by atoms with Gasteiger partial charge in [0.15, 0.2) is 16.6 Å². The van der Waals surface area contributed by atoms with Gasteiger partial charge >= 0.3 is 0 Å². The lowest BCUT2D eigenvalue weighted by atomic mass is 10.1. The molecule has 0 bridgehead atoms. The van der Waals surface area contributed by atoms with Gasteiger partial charge in [0.25, 0.3) is 5.56 Å². The van der Waals surface area contributed by atoms with E-state index in [2.05, 4.69) is 10.3 Å². The second-order valence-electron chi connectivity index (χ2n) is 8.02. The van der Waals surface area contributed by atoms with Crippen LogP contribution < -0.4 is 20.3 Å². The van der Waals surface area contributed by atoms with Crippen LogP contribution in [0.2, 0.25) is 0 Å². The van der Waals surface area contributed by atoms with Crippen LogP contribution in [0.25, 0.3) is 10.9 Å². The molecule has 3 aromatic rings. The van der Waals surface area contributed by atoms with Gasteiger partial charge in [0.1, 0.15) is 13.2 Å². The third-order valence-corrected chi connectivity index (χ3v) is 6.07. The van der Waals surface area contributed by atoms with Gasteiger partial charge in [0.2, 0.25) is 0 Å². The molecule has 32 heavy (non-hydrogen) atoms. The predicted octanol–water partition coefficient (Wildman–Crippen LogP) is 3.68. The van der Waals surface area contributed by atoms with E-state index in [0.717, 1.165) is 36.0 Å². The molecule has 1 unspecified atom stereocenters. The van der Waals surface area contributed by atoms with Crippen molar-refractivity contribution in [3.63, 3.8) is 0 Å². The van der Waals surface area contributed by atoms with Crippen LogP contribution in [0.15, 0.2) is 53.3 Å². The Morgan fingerprint density at radius 3 is 2.62 bits per heavy atom. The first-order chi connectivity index (χ1) is 15.7. The Morgan fingerprint density at radius 2 is 1.88 bits per heavy atom. The highest BCUT2D eigenvalue weighted by Gasteiger charge is 2.22. The van der Waals surface area contributed by atoms with Crippen LogP contribution in [-0.4, -0.2) is 47.5 Å². The highest BCUT2D eigenvalue weighted by atomic mass is 32.1. The summed E-state index contributed by atoms with van der Waals surface area (Å²) in [6, 6.07) is 15.4. The SMILES string of the molecule is O=c1[nH]c2cc3c(cc2cc1CN(CC1CCCO1)C(=S)Nc1ccccc1)OCCO3. The maximum atomic E-state index is 12.9. The van der Waals surface area contributed by atoms with Crippen LogP contribution in [0.1, 0.15) is 18.4 Å². The first-order valence-corrected chi connectivity index (χ1v) is 11.2. The lowest BCUT2D eigenvalue weighted by molar-refractivity contribution is 0.0904. The van der Waals surface area contributed by atoms with Gasteiger partial charge in [-0.25, -0.2) is 0 Å². The summed E-state index contributed by atoms with van der Waals surface area (Å²) in [5.41, 5.74) is 2.11. The number of thiocarbonyl (C=S) groups is 1. The number of aromatic nitrogens is 1. The van der Waals surface area contributed by atoms with Crippen molar-refractivity contribution in [2.24, 2.45) is 0 Å². The minimum absolute atomic E-state index is 0.0997. The third-order valence-electron chi connectivity index (χ3n) is 5.71. The Morgan fingerprint density at radius 1 is 1.09 bits per heavy atom. The third kappa shape index (κ3) is 4.56. The van der Waals surface area contributed by atoms with Crippen molar-refractivity contribution in [3.05, 3.63) is 64.4 Å². The molecule has 166 valence electrons. The monoisotopic (exact) mass is 451 g/mol. The lowest BCUT2D eigenvalue weighted by Crippen LogP contribution is -2.40. The second-order valence-corrected chi connectivity index (χ2v) is 8.41. The molecular weight excluding hydrogens is 426 g/mol. The number of fused-ring (bicyclic) bond motifs is 2. The second kappa shape index (κ2) is 9.18. The highest BCUT2D eigenvalue weighted by Crippen LogP contribution is 2.33. The molecule has 5 rings (SSSR count). The average Bonchev–Trinajstić information content (AvgIpc) is 3.32. The van der Waals surface area contributed by atoms with Crippen molar-refractivity contribution in [2.45, 2.75) is 25.5 Å². The molecular formula is C24H25N3O4S. The largest absolute Gasteiger partial charge is 0.486 e. The van der Waals surface area contributed by atoms with Crippen molar-refractivity contribution >= 4 is 33.9 Å². The van der Waals surface area contributed by atoms with Gasteiger partial charge in [0.05, 0.1) is 18.2 Å². The molecule has 1 atom stereocenters. The number of aromatic amines is 1. The normalized spacial score (nSPS) is 17.3. The summed E-state index contributed by atoms with van der Waals surface area (Å²) >= 11 is 5.72. The van der Waals surface area contributed by atoms with Crippen LogP contribution in [0.4, 0.5) is 5.69 Å². The molecule has 0 saturated carbocycles. The first kappa shape index (κ1) is 20.8. The average molecular weight is 452 g/mol. The van der Waals surface area contributed by atoms with E-state index in [-0.39, 0.29) is 11.7 Å². The van der Waals surface area contributed by atoms with Crippen LogP contribution in [0.3, 0.4) is 0 Å². The molecule has 7 nitrogen and oxygen atoms in total. The molecule has 1 fully saturated rings. The van der Waals surface area contributed by atoms with E-state index in [1.165, 1.54) is 0 Å². The number of pyridine rings is 1. The predicted molar refractivity (Wildman–Crippen MR) is 128 cm³/mol. The zero-order valence-electron chi connectivity index (χ0n) is 17.6. The summed E-state index contributed by atoms with van der Waals surface area (Å²) in [6.45, 7) is 2.78. The number of anilines is 1. The number of benzene rings is 2. The quantitative estimate of drug-likeness (QED) is 0.573. The van der Waals surface area contributed by atoms with Gasteiger partial charge in [-0.15, -0.1) is 0 Å². The highest BCUT2D eigenvalue weighted by molar-refractivity contribution is 7.80. The fourth-order valence-corrected chi connectivity index (χ4v) is 4.35. The Labute approximate surface area is 191 Å². The van der Waals surface area contributed by atoms with Gasteiger partial charge in [-0.2, -0.15) is 0 Å². The molecule has 3 heterocycles. The van der Waals surface area contributed by atoms with E-state index < -0.39 is 0 Å². The summed E-state index contributed by atoms with van der Waals surface area (Å²) in [5, 5.41) is 4.74. The molecule has 1 aromatic heterocycles.